The van der Waals surface area contributed by atoms with E-state index in [1.165, 1.54) is 0 Å². The minimum atomic E-state index is -2.76. The number of alkyl halides is 2. The lowest BCUT2D eigenvalue weighted by Gasteiger charge is -2.12. The fourth-order valence-corrected chi connectivity index (χ4v) is 1.16. The maximum Gasteiger partial charge on any atom is 0.240 e. The topological polar surface area (TPSA) is 26.0 Å². The summed E-state index contributed by atoms with van der Waals surface area (Å²) < 4.78 is 62.2. The molecule has 0 saturated heterocycles. The maximum absolute atomic E-state index is 13.0. The summed E-state index contributed by atoms with van der Waals surface area (Å²) in [4.78, 5) is 0. The van der Waals surface area contributed by atoms with Crippen molar-refractivity contribution in [3.63, 3.8) is 0 Å². The average molecular weight is 225 g/mol. The summed E-state index contributed by atoms with van der Waals surface area (Å²) in [5.74, 6) is -3.87. The summed E-state index contributed by atoms with van der Waals surface area (Å²) in [6.07, 6.45) is -3.61. The van der Waals surface area contributed by atoms with Crippen LogP contribution >= 0.6 is 0 Å². The Kier molecular flexibility index (Phi) is 3.62. The monoisotopic (exact) mass is 225 g/mol. The standard InChI is InChI=1S/C9H8F5N/c10-4-1-5(7(15)3-8(12)13)9(14)6(11)2-4/h1-2,7-8H,3,15H2/t7-/m1/s1. The highest BCUT2D eigenvalue weighted by atomic mass is 19.3. The Morgan fingerprint density at radius 2 is 1.73 bits per heavy atom. The molecule has 0 radical (unpaired) electrons. The van der Waals surface area contributed by atoms with Crippen molar-refractivity contribution in [3.05, 3.63) is 35.1 Å². The lowest BCUT2D eigenvalue weighted by atomic mass is 10.0. The van der Waals surface area contributed by atoms with Crippen LogP contribution in [0.3, 0.4) is 0 Å². The summed E-state index contributed by atoms with van der Waals surface area (Å²) in [7, 11) is 0. The van der Waals surface area contributed by atoms with E-state index in [1.54, 1.807) is 0 Å². The van der Waals surface area contributed by atoms with E-state index in [9.17, 15) is 22.0 Å². The van der Waals surface area contributed by atoms with Crippen molar-refractivity contribution in [2.45, 2.75) is 18.9 Å². The maximum atomic E-state index is 13.0. The van der Waals surface area contributed by atoms with Gasteiger partial charge in [-0.1, -0.05) is 0 Å². The van der Waals surface area contributed by atoms with Gasteiger partial charge in [0.2, 0.25) is 6.43 Å². The molecule has 0 bridgehead atoms. The first-order chi connectivity index (χ1) is 6.91. The molecule has 0 saturated carbocycles. The van der Waals surface area contributed by atoms with E-state index in [-0.39, 0.29) is 0 Å². The van der Waals surface area contributed by atoms with Crippen LogP contribution in [-0.2, 0) is 0 Å². The molecule has 0 amide bonds. The van der Waals surface area contributed by atoms with Crippen molar-refractivity contribution in [2.24, 2.45) is 5.73 Å². The molecule has 84 valence electrons. The van der Waals surface area contributed by atoms with Crippen LogP contribution < -0.4 is 5.73 Å². The van der Waals surface area contributed by atoms with Crippen molar-refractivity contribution >= 4 is 0 Å². The van der Waals surface area contributed by atoms with Gasteiger partial charge in [0.25, 0.3) is 0 Å². The van der Waals surface area contributed by atoms with Crippen LogP contribution in [0, 0.1) is 17.5 Å². The molecule has 0 aliphatic heterocycles. The van der Waals surface area contributed by atoms with Gasteiger partial charge in [0.15, 0.2) is 11.6 Å². The predicted octanol–water partition coefficient (Wildman–Crippen LogP) is 2.76. The van der Waals surface area contributed by atoms with Crippen LogP contribution in [-0.4, -0.2) is 6.43 Å². The minimum absolute atomic E-state index is 0.327. The highest BCUT2D eigenvalue weighted by Crippen LogP contribution is 2.23. The second-order valence-electron chi connectivity index (χ2n) is 3.02. The number of nitrogens with two attached hydrogens (primary N) is 1. The number of hydrogen-bond donors (Lipinski definition) is 1. The first-order valence-electron chi connectivity index (χ1n) is 4.10. The van der Waals surface area contributed by atoms with E-state index in [2.05, 4.69) is 0 Å². The minimum Gasteiger partial charge on any atom is -0.324 e. The fourth-order valence-electron chi connectivity index (χ4n) is 1.16. The molecule has 6 heteroatoms. The van der Waals surface area contributed by atoms with Crippen molar-refractivity contribution in [1.82, 2.24) is 0 Å². The fraction of sp³-hybridized carbons (Fsp3) is 0.333. The molecular formula is C9H8F5N. The van der Waals surface area contributed by atoms with E-state index in [4.69, 9.17) is 5.73 Å². The highest BCUT2D eigenvalue weighted by molar-refractivity contribution is 5.23. The van der Waals surface area contributed by atoms with Gasteiger partial charge in [-0.05, 0) is 6.07 Å². The summed E-state index contributed by atoms with van der Waals surface area (Å²) in [6, 6.07) is -0.477. The van der Waals surface area contributed by atoms with Gasteiger partial charge in [0.05, 0.1) is 0 Å². The van der Waals surface area contributed by atoms with Gasteiger partial charge in [-0.15, -0.1) is 0 Å². The molecule has 0 fully saturated rings. The molecular weight excluding hydrogens is 217 g/mol. The van der Waals surface area contributed by atoms with E-state index in [0.29, 0.717) is 12.1 Å². The van der Waals surface area contributed by atoms with Crippen LogP contribution in [0.5, 0.6) is 0 Å². The molecule has 0 aromatic heterocycles. The van der Waals surface area contributed by atoms with Gasteiger partial charge in [-0.3, -0.25) is 0 Å². The first-order valence-corrected chi connectivity index (χ1v) is 4.10. The van der Waals surface area contributed by atoms with Crippen molar-refractivity contribution < 1.29 is 22.0 Å². The molecule has 1 rings (SSSR count). The number of rotatable bonds is 3. The zero-order chi connectivity index (χ0) is 11.6. The Morgan fingerprint density at radius 1 is 1.13 bits per heavy atom. The molecule has 1 aromatic carbocycles. The van der Waals surface area contributed by atoms with Gasteiger partial charge in [-0.2, -0.15) is 0 Å². The van der Waals surface area contributed by atoms with Gasteiger partial charge in [0.1, 0.15) is 5.82 Å². The van der Waals surface area contributed by atoms with E-state index >= 15 is 0 Å². The Hall–Kier alpha value is -1.17. The quantitative estimate of drug-likeness (QED) is 0.621. The zero-order valence-corrected chi connectivity index (χ0v) is 7.48. The van der Waals surface area contributed by atoms with Gasteiger partial charge >= 0.3 is 0 Å². The average Bonchev–Trinajstić information content (AvgIpc) is 2.09. The highest BCUT2D eigenvalue weighted by Gasteiger charge is 2.20. The van der Waals surface area contributed by atoms with Gasteiger partial charge in [0, 0.05) is 24.1 Å². The molecule has 1 aromatic rings. The molecule has 0 aliphatic carbocycles. The van der Waals surface area contributed by atoms with Crippen LogP contribution in [0.2, 0.25) is 0 Å². The summed E-state index contributed by atoms with van der Waals surface area (Å²) in [5, 5.41) is 0. The van der Waals surface area contributed by atoms with E-state index in [0.717, 1.165) is 0 Å². The third-order valence-corrected chi connectivity index (χ3v) is 1.85. The van der Waals surface area contributed by atoms with Crippen LogP contribution in [0.4, 0.5) is 22.0 Å². The largest absolute Gasteiger partial charge is 0.324 e. The normalized spacial score (nSPS) is 13.3. The Bertz CT molecular complexity index is 353. The number of hydrogen-bond acceptors (Lipinski definition) is 1. The smallest absolute Gasteiger partial charge is 0.240 e. The second kappa shape index (κ2) is 4.57. The molecule has 0 aliphatic rings. The van der Waals surface area contributed by atoms with Crippen LogP contribution in [0.15, 0.2) is 12.1 Å². The molecule has 1 nitrogen and oxygen atoms in total. The van der Waals surface area contributed by atoms with Gasteiger partial charge < -0.3 is 5.73 Å². The Balaban J connectivity index is 3.02. The Labute approximate surface area is 82.7 Å². The van der Waals surface area contributed by atoms with Crippen LogP contribution in [0.1, 0.15) is 18.0 Å². The van der Waals surface area contributed by atoms with E-state index in [1.807, 2.05) is 0 Å². The molecule has 2 N–H and O–H groups in total. The molecule has 0 unspecified atom stereocenters. The summed E-state index contributed by atoms with van der Waals surface area (Å²) >= 11 is 0. The third-order valence-electron chi connectivity index (χ3n) is 1.85. The lowest BCUT2D eigenvalue weighted by Crippen LogP contribution is -2.16. The predicted molar refractivity (Wildman–Crippen MR) is 43.9 cm³/mol. The van der Waals surface area contributed by atoms with Gasteiger partial charge in [-0.25, -0.2) is 22.0 Å². The van der Waals surface area contributed by atoms with Crippen molar-refractivity contribution in [1.29, 1.82) is 0 Å². The molecule has 15 heavy (non-hydrogen) atoms. The molecule has 1 atom stereocenters. The lowest BCUT2D eigenvalue weighted by molar-refractivity contribution is 0.127. The number of halogens is 5. The summed E-state index contributed by atoms with van der Waals surface area (Å²) in [5.41, 5.74) is 4.61. The SMILES string of the molecule is N[C@H](CC(F)F)c1cc(F)cc(F)c1F. The zero-order valence-electron chi connectivity index (χ0n) is 7.48. The van der Waals surface area contributed by atoms with E-state index < -0.39 is 41.9 Å². The summed E-state index contributed by atoms with van der Waals surface area (Å²) in [6.45, 7) is 0. The molecule has 0 heterocycles. The Morgan fingerprint density at radius 3 is 2.27 bits per heavy atom. The second-order valence-corrected chi connectivity index (χ2v) is 3.02. The first kappa shape index (κ1) is 11.9. The van der Waals surface area contributed by atoms with Crippen LogP contribution in [0.25, 0.3) is 0 Å². The van der Waals surface area contributed by atoms with Crippen molar-refractivity contribution in [2.75, 3.05) is 0 Å². The molecule has 0 spiro atoms. The van der Waals surface area contributed by atoms with Crippen molar-refractivity contribution in [3.8, 4) is 0 Å². The number of benzene rings is 1. The third kappa shape index (κ3) is 2.89.